The Morgan fingerprint density at radius 2 is 2.06 bits per heavy atom. The van der Waals surface area contributed by atoms with Crippen LogP contribution in [-0.4, -0.2) is 34.8 Å². The molecule has 2 heterocycles. The number of piperazine rings is 1. The van der Waals surface area contributed by atoms with Crippen molar-refractivity contribution >= 4 is 11.8 Å². The first-order chi connectivity index (χ1) is 7.68. The van der Waals surface area contributed by atoms with E-state index in [9.17, 15) is 9.59 Å². The average Bonchev–Trinajstić information content (AvgIpc) is 2.32. The highest BCUT2D eigenvalue weighted by Crippen LogP contribution is 2.19. The van der Waals surface area contributed by atoms with Gasteiger partial charge in [-0.1, -0.05) is 0 Å². The summed E-state index contributed by atoms with van der Waals surface area (Å²) in [7, 11) is 0. The Bertz CT molecular complexity index is 405. The van der Waals surface area contributed by atoms with Gasteiger partial charge in [-0.15, -0.1) is 0 Å². The second-order valence-corrected chi connectivity index (χ2v) is 3.75. The van der Waals surface area contributed by atoms with Gasteiger partial charge in [-0.25, -0.2) is 0 Å². The van der Waals surface area contributed by atoms with Gasteiger partial charge < -0.3 is 10.2 Å². The molecule has 1 aliphatic rings. The minimum atomic E-state index is -0.111. The Hall–Kier alpha value is -1.91. The van der Waals surface area contributed by atoms with Gasteiger partial charge in [0.1, 0.15) is 6.54 Å². The van der Waals surface area contributed by atoms with Crippen molar-refractivity contribution in [1.82, 2.24) is 15.2 Å². The summed E-state index contributed by atoms with van der Waals surface area (Å²) in [6.07, 6.45) is 3.36. The van der Waals surface area contributed by atoms with Gasteiger partial charge in [0.2, 0.25) is 11.8 Å². The quantitative estimate of drug-likeness (QED) is 0.767. The van der Waals surface area contributed by atoms with E-state index in [1.54, 1.807) is 17.3 Å². The molecule has 1 fully saturated rings. The second kappa shape index (κ2) is 4.30. The number of amides is 2. The molecule has 1 saturated heterocycles. The van der Waals surface area contributed by atoms with Crippen molar-refractivity contribution < 1.29 is 9.59 Å². The second-order valence-electron chi connectivity index (χ2n) is 3.75. The maximum Gasteiger partial charge on any atom is 0.242 e. The molecule has 0 bridgehead atoms. The first-order valence-electron chi connectivity index (χ1n) is 5.14. The molecule has 1 N–H and O–H groups in total. The maximum atomic E-state index is 11.7. The fraction of sp³-hybridized carbons (Fsp3) is 0.364. The summed E-state index contributed by atoms with van der Waals surface area (Å²) in [5, 5.41) is 2.53. The van der Waals surface area contributed by atoms with Crippen LogP contribution in [0.2, 0.25) is 0 Å². The van der Waals surface area contributed by atoms with E-state index >= 15 is 0 Å². The molecule has 1 atom stereocenters. The number of carbonyl (C=O) groups is 2. The number of hydrogen-bond acceptors (Lipinski definition) is 3. The highest BCUT2D eigenvalue weighted by Gasteiger charge is 2.27. The van der Waals surface area contributed by atoms with E-state index in [-0.39, 0.29) is 30.9 Å². The molecule has 2 amide bonds. The molecular weight excluding hydrogens is 206 g/mol. The molecule has 2 rings (SSSR count). The van der Waals surface area contributed by atoms with E-state index in [0.29, 0.717) is 0 Å². The minimum Gasteiger partial charge on any atom is -0.345 e. The van der Waals surface area contributed by atoms with Crippen LogP contribution in [0.3, 0.4) is 0 Å². The van der Waals surface area contributed by atoms with Crippen LogP contribution >= 0.6 is 0 Å². The van der Waals surface area contributed by atoms with Gasteiger partial charge in [-0.3, -0.25) is 14.6 Å². The van der Waals surface area contributed by atoms with Crippen molar-refractivity contribution in [3.8, 4) is 0 Å². The summed E-state index contributed by atoms with van der Waals surface area (Å²) in [5.41, 5.74) is 0.984. The van der Waals surface area contributed by atoms with Crippen molar-refractivity contribution in [2.75, 3.05) is 13.1 Å². The standard InChI is InChI=1S/C11H13N3O2/c1-8(9-2-4-12-5-3-9)14-7-10(15)13-6-11(14)16/h2-5,8H,6-7H2,1H3,(H,13,15). The Kier molecular flexibility index (Phi) is 2.85. The smallest absolute Gasteiger partial charge is 0.242 e. The number of pyridine rings is 1. The van der Waals surface area contributed by atoms with Crippen molar-refractivity contribution in [3.63, 3.8) is 0 Å². The molecule has 1 aromatic rings. The third kappa shape index (κ3) is 2.03. The van der Waals surface area contributed by atoms with E-state index in [4.69, 9.17) is 0 Å². The average molecular weight is 219 g/mol. The van der Waals surface area contributed by atoms with E-state index < -0.39 is 0 Å². The number of hydrogen-bond donors (Lipinski definition) is 1. The molecule has 16 heavy (non-hydrogen) atoms. The summed E-state index contributed by atoms with van der Waals surface area (Å²) in [6, 6.07) is 3.61. The minimum absolute atomic E-state index is 0.0519. The lowest BCUT2D eigenvalue weighted by atomic mass is 10.1. The highest BCUT2D eigenvalue weighted by atomic mass is 16.2. The van der Waals surface area contributed by atoms with Crippen molar-refractivity contribution in [2.24, 2.45) is 0 Å². The lowest BCUT2D eigenvalue weighted by Crippen LogP contribution is -2.52. The number of rotatable bonds is 2. The Labute approximate surface area is 93.5 Å². The molecule has 0 aromatic carbocycles. The fourth-order valence-corrected chi connectivity index (χ4v) is 1.75. The van der Waals surface area contributed by atoms with Gasteiger partial charge in [0.05, 0.1) is 12.6 Å². The van der Waals surface area contributed by atoms with Crippen LogP contribution in [0, 0.1) is 0 Å². The van der Waals surface area contributed by atoms with Gasteiger partial charge in [0, 0.05) is 12.4 Å². The lowest BCUT2D eigenvalue weighted by molar-refractivity contribution is -0.142. The Balaban J connectivity index is 2.17. The fourth-order valence-electron chi connectivity index (χ4n) is 1.75. The zero-order valence-corrected chi connectivity index (χ0v) is 9.01. The van der Waals surface area contributed by atoms with Gasteiger partial charge in [0.25, 0.3) is 0 Å². The zero-order chi connectivity index (χ0) is 11.5. The van der Waals surface area contributed by atoms with E-state index in [0.717, 1.165) is 5.56 Å². The molecule has 1 unspecified atom stereocenters. The topological polar surface area (TPSA) is 62.3 Å². The number of carbonyl (C=O) groups excluding carboxylic acids is 2. The predicted molar refractivity (Wildman–Crippen MR) is 57.4 cm³/mol. The first kappa shape index (κ1) is 10.6. The number of nitrogens with zero attached hydrogens (tertiary/aromatic N) is 2. The summed E-state index contributed by atoms with van der Waals surface area (Å²) in [4.78, 5) is 28.4. The lowest BCUT2D eigenvalue weighted by Gasteiger charge is -2.32. The van der Waals surface area contributed by atoms with Crippen LogP contribution in [0.1, 0.15) is 18.5 Å². The summed E-state index contributed by atoms with van der Waals surface area (Å²) in [5.74, 6) is -0.163. The molecule has 0 aliphatic carbocycles. The molecule has 0 saturated carbocycles. The SMILES string of the molecule is CC(c1ccncc1)N1CC(=O)NCC1=O. The van der Waals surface area contributed by atoms with Crippen LogP contribution in [0.4, 0.5) is 0 Å². The molecular formula is C11H13N3O2. The van der Waals surface area contributed by atoms with E-state index in [2.05, 4.69) is 10.3 Å². The number of nitrogens with one attached hydrogen (secondary N) is 1. The van der Waals surface area contributed by atoms with Crippen LogP contribution in [-0.2, 0) is 9.59 Å². The van der Waals surface area contributed by atoms with Crippen molar-refractivity contribution in [2.45, 2.75) is 13.0 Å². The molecule has 5 nitrogen and oxygen atoms in total. The van der Waals surface area contributed by atoms with Gasteiger partial charge in [-0.05, 0) is 24.6 Å². The molecule has 5 heteroatoms. The van der Waals surface area contributed by atoms with E-state index in [1.165, 1.54) is 0 Å². The molecule has 1 aromatic heterocycles. The van der Waals surface area contributed by atoms with Gasteiger partial charge >= 0.3 is 0 Å². The third-order valence-electron chi connectivity index (χ3n) is 2.73. The molecule has 84 valence electrons. The monoisotopic (exact) mass is 219 g/mol. The van der Waals surface area contributed by atoms with Crippen LogP contribution in [0.25, 0.3) is 0 Å². The largest absolute Gasteiger partial charge is 0.345 e. The zero-order valence-electron chi connectivity index (χ0n) is 9.01. The molecule has 1 aliphatic heterocycles. The Morgan fingerprint density at radius 3 is 2.75 bits per heavy atom. The molecule has 0 spiro atoms. The van der Waals surface area contributed by atoms with Crippen LogP contribution in [0.5, 0.6) is 0 Å². The van der Waals surface area contributed by atoms with Crippen molar-refractivity contribution in [3.05, 3.63) is 30.1 Å². The normalized spacial score (nSPS) is 18.2. The van der Waals surface area contributed by atoms with Crippen LogP contribution < -0.4 is 5.32 Å². The summed E-state index contributed by atoms with van der Waals surface area (Å²) < 4.78 is 0. The Morgan fingerprint density at radius 1 is 1.38 bits per heavy atom. The third-order valence-corrected chi connectivity index (χ3v) is 2.73. The van der Waals surface area contributed by atoms with Gasteiger partial charge in [-0.2, -0.15) is 0 Å². The predicted octanol–water partition coefficient (Wildman–Crippen LogP) is 0.101. The van der Waals surface area contributed by atoms with Crippen molar-refractivity contribution in [1.29, 1.82) is 0 Å². The first-order valence-corrected chi connectivity index (χ1v) is 5.14. The summed E-state index contributed by atoms with van der Waals surface area (Å²) in [6.45, 7) is 2.13. The highest BCUT2D eigenvalue weighted by molar-refractivity contribution is 5.92. The number of aromatic nitrogens is 1. The van der Waals surface area contributed by atoms with E-state index in [1.807, 2.05) is 19.1 Å². The van der Waals surface area contributed by atoms with Gasteiger partial charge in [0.15, 0.2) is 0 Å². The molecule has 0 radical (unpaired) electrons. The van der Waals surface area contributed by atoms with Crippen LogP contribution in [0.15, 0.2) is 24.5 Å². The summed E-state index contributed by atoms with van der Waals surface area (Å²) >= 11 is 0. The maximum absolute atomic E-state index is 11.7.